The van der Waals surface area contributed by atoms with Crippen LogP contribution >= 0.6 is 0 Å². The summed E-state index contributed by atoms with van der Waals surface area (Å²) in [5.74, 6) is -2.23. The molecule has 1 unspecified atom stereocenters. The molecular formula is C14H15F2N3O2. The second-order valence-electron chi connectivity index (χ2n) is 4.79. The number of anilines is 1. The lowest BCUT2D eigenvalue weighted by Crippen LogP contribution is -2.30. The summed E-state index contributed by atoms with van der Waals surface area (Å²) in [6.45, 7) is 2.05. The van der Waals surface area contributed by atoms with Gasteiger partial charge < -0.3 is 9.64 Å². The van der Waals surface area contributed by atoms with E-state index in [-0.39, 0.29) is 11.9 Å². The predicted octanol–water partition coefficient (Wildman–Crippen LogP) is 2.15. The number of ether oxygens (including phenoxy) is 1. The van der Waals surface area contributed by atoms with Crippen molar-refractivity contribution in [1.29, 1.82) is 0 Å². The van der Waals surface area contributed by atoms with Gasteiger partial charge in [-0.2, -0.15) is 0 Å². The van der Waals surface area contributed by atoms with Gasteiger partial charge in [-0.1, -0.05) is 6.92 Å². The lowest BCUT2D eigenvalue weighted by Gasteiger charge is -2.22. The van der Waals surface area contributed by atoms with E-state index in [0.29, 0.717) is 23.3 Å². The Bertz CT molecular complexity index is 679. The number of rotatable bonds is 4. The third-order valence-corrected chi connectivity index (χ3v) is 3.17. The number of halogens is 2. The average Bonchev–Trinajstić information content (AvgIpc) is 2.46. The van der Waals surface area contributed by atoms with E-state index >= 15 is 0 Å². The fourth-order valence-corrected chi connectivity index (χ4v) is 2.11. The molecule has 0 fully saturated rings. The van der Waals surface area contributed by atoms with E-state index < -0.39 is 11.6 Å². The highest BCUT2D eigenvalue weighted by atomic mass is 19.2. The summed E-state index contributed by atoms with van der Waals surface area (Å²) in [6.07, 6.45) is 1.27. The number of hydrogen-bond acceptors (Lipinski definition) is 5. The number of esters is 1. The Kier molecular flexibility index (Phi) is 4.30. The first-order valence-corrected chi connectivity index (χ1v) is 6.32. The van der Waals surface area contributed by atoms with Crippen LogP contribution in [0.25, 0.3) is 10.9 Å². The van der Waals surface area contributed by atoms with E-state index in [1.165, 1.54) is 13.4 Å². The molecule has 0 radical (unpaired) electrons. The Balaban J connectivity index is 2.37. The molecule has 0 aliphatic carbocycles. The topological polar surface area (TPSA) is 55.3 Å². The van der Waals surface area contributed by atoms with Gasteiger partial charge in [0.2, 0.25) is 0 Å². The maximum absolute atomic E-state index is 13.4. The number of aromatic nitrogens is 2. The van der Waals surface area contributed by atoms with Gasteiger partial charge in [-0.15, -0.1) is 0 Å². The monoisotopic (exact) mass is 295 g/mol. The molecule has 7 heteroatoms. The van der Waals surface area contributed by atoms with Crippen LogP contribution in [0.1, 0.15) is 6.92 Å². The largest absolute Gasteiger partial charge is 0.469 e. The van der Waals surface area contributed by atoms with Crippen LogP contribution in [0.5, 0.6) is 0 Å². The van der Waals surface area contributed by atoms with Crippen LogP contribution in [0, 0.1) is 17.6 Å². The van der Waals surface area contributed by atoms with E-state index in [1.807, 2.05) is 0 Å². The number of carbonyl (C=O) groups excluding carboxylic acids is 1. The molecule has 21 heavy (non-hydrogen) atoms. The molecule has 1 heterocycles. The fourth-order valence-electron chi connectivity index (χ4n) is 2.11. The minimum Gasteiger partial charge on any atom is -0.469 e. The van der Waals surface area contributed by atoms with Crippen LogP contribution in [0.4, 0.5) is 14.6 Å². The smallest absolute Gasteiger partial charge is 0.310 e. The molecule has 0 aliphatic heterocycles. The molecule has 0 saturated carbocycles. The Labute approximate surface area is 120 Å². The number of nitrogens with zero attached hydrogens (tertiary/aromatic N) is 3. The molecule has 1 aromatic heterocycles. The van der Waals surface area contributed by atoms with Gasteiger partial charge in [0.1, 0.15) is 12.1 Å². The summed E-state index contributed by atoms with van der Waals surface area (Å²) < 4.78 is 31.3. The van der Waals surface area contributed by atoms with Crippen molar-refractivity contribution in [2.24, 2.45) is 5.92 Å². The number of methoxy groups -OCH3 is 1. The Morgan fingerprint density at radius 2 is 2.00 bits per heavy atom. The van der Waals surface area contributed by atoms with Gasteiger partial charge in [0.05, 0.1) is 18.5 Å². The molecule has 5 nitrogen and oxygen atoms in total. The summed E-state index contributed by atoms with van der Waals surface area (Å²) in [5.41, 5.74) is 0.302. The number of benzene rings is 1. The Morgan fingerprint density at radius 1 is 1.33 bits per heavy atom. The van der Waals surface area contributed by atoms with Gasteiger partial charge >= 0.3 is 5.97 Å². The zero-order valence-electron chi connectivity index (χ0n) is 11.9. The van der Waals surface area contributed by atoms with Gasteiger partial charge in [-0.05, 0) is 6.07 Å². The van der Waals surface area contributed by atoms with Crippen molar-refractivity contribution in [2.75, 3.05) is 25.6 Å². The van der Waals surface area contributed by atoms with Gasteiger partial charge in [0.25, 0.3) is 0 Å². The molecule has 0 aliphatic rings. The minimum absolute atomic E-state index is 0.302. The number of hydrogen-bond donors (Lipinski definition) is 0. The van der Waals surface area contributed by atoms with Crippen LogP contribution in [-0.4, -0.2) is 36.6 Å². The molecular weight excluding hydrogens is 280 g/mol. The van der Waals surface area contributed by atoms with Crippen molar-refractivity contribution >= 4 is 22.7 Å². The first-order chi connectivity index (χ1) is 9.93. The van der Waals surface area contributed by atoms with Crippen LogP contribution in [0.15, 0.2) is 18.5 Å². The summed E-state index contributed by atoms with van der Waals surface area (Å²) in [6, 6.07) is 2.08. The molecule has 0 spiro atoms. The zero-order valence-corrected chi connectivity index (χ0v) is 11.9. The quantitative estimate of drug-likeness (QED) is 0.809. The highest BCUT2D eigenvalue weighted by Gasteiger charge is 2.18. The number of fused-ring (bicyclic) bond motifs is 1. The number of carbonyl (C=O) groups is 1. The van der Waals surface area contributed by atoms with Crippen molar-refractivity contribution in [3.05, 3.63) is 30.1 Å². The van der Waals surface area contributed by atoms with E-state index in [0.717, 1.165) is 12.1 Å². The Hall–Kier alpha value is -2.31. The van der Waals surface area contributed by atoms with Crippen LogP contribution < -0.4 is 4.90 Å². The van der Waals surface area contributed by atoms with Crippen molar-refractivity contribution < 1.29 is 18.3 Å². The molecule has 2 rings (SSSR count). The van der Waals surface area contributed by atoms with Crippen LogP contribution in [0.3, 0.4) is 0 Å². The van der Waals surface area contributed by atoms with E-state index in [4.69, 9.17) is 0 Å². The third-order valence-electron chi connectivity index (χ3n) is 3.17. The van der Waals surface area contributed by atoms with Crippen molar-refractivity contribution in [3.63, 3.8) is 0 Å². The molecule has 1 atom stereocenters. The van der Waals surface area contributed by atoms with E-state index in [9.17, 15) is 13.6 Å². The second kappa shape index (κ2) is 5.99. The van der Waals surface area contributed by atoms with Crippen LogP contribution in [0.2, 0.25) is 0 Å². The second-order valence-corrected chi connectivity index (χ2v) is 4.79. The SMILES string of the molecule is COC(=O)C(C)CN(C)c1ncnc2cc(F)c(F)cc12. The molecule has 0 saturated heterocycles. The summed E-state index contributed by atoms with van der Waals surface area (Å²) in [7, 11) is 3.03. The summed E-state index contributed by atoms with van der Waals surface area (Å²) in [5, 5.41) is 0.385. The van der Waals surface area contributed by atoms with Crippen molar-refractivity contribution in [1.82, 2.24) is 9.97 Å². The highest BCUT2D eigenvalue weighted by molar-refractivity contribution is 5.89. The molecule has 0 bridgehead atoms. The molecule has 112 valence electrons. The third kappa shape index (κ3) is 3.07. The fraction of sp³-hybridized carbons (Fsp3) is 0.357. The lowest BCUT2D eigenvalue weighted by molar-refractivity contribution is -0.144. The van der Waals surface area contributed by atoms with Crippen molar-refractivity contribution in [2.45, 2.75) is 6.92 Å². The normalized spacial score (nSPS) is 12.2. The first kappa shape index (κ1) is 15.1. The summed E-state index contributed by atoms with van der Waals surface area (Å²) in [4.78, 5) is 21.1. The summed E-state index contributed by atoms with van der Waals surface area (Å²) >= 11 is 0. The van der Waals surface area contributed by atoms with E-state index in [2.05, 4.69) is 14.7 Å². The van der Waals surface area contributed by atoms with Gasteiger partial charge in [0, 0.05) is 25.0 Å². The van der Waals surface area contributed by atoms with E-state index in [1.54, 1.807) is 18.9 Å². The maximum atomic E-state index is 13.4. The van der Waals surface area contributed by atoms with Gasteiger partial charge in [0.15, 0.2) is 11.6 Å². The lowest BCUT2D eigenvalue weighted by atomic mass is 10.1. The minimum atomic E-state index is -0.965. The maximum Gasteiger partial charge on any atom is 0.310 e. The van der Waals surface area contributed by atoms with Gasteiger partial charge in [-0.3, -0.25) is 4.79 Å². The molecule has 2 aromatic rings. The first-order valence-electron chi connectivity index (χ1n) is 6.32. The standard InChI is InChI=1S/C14H15F2N3O2/c1-8(14(20)21-3)6-19(2)13-9-4-10(15)11(16)5-12(9)17-7-18-13/h4-5,7-8H,6H2,1-3H3. The van der Waals surface area contributed by atoms with Crippen LogP contribution in [-0.2, 0) is 9.53 Å². The predicted molar refractivity (Wildman–Crippen MR) is 73.9 cm³/mol. The molecule has 0 N–H and O–H groups in total. The average molecular weight is 295 g/mol. The highest BCUT2D eigenvalue weighted by Crippen LogP contribution is 2.25. The zero-order chi connectivity index (χ0) is 15.6. The molecule has 1 aromatic carbocycles. The van der Waals surface area contributed by atoms with Gasteiger partial charge in [-0.25, -0.2) is 18.7 Å². The Morgan fingerprint density at radius 3 is 2.67 bits per heavy atom. The van der Waals surface area contributed by atoms with Crippen molar-refractivity contribution in [3.8, 4) is 0 Å². The molecule has 0 amide bonds.